The predicted molar refractivity (Wildman–Crippen MR) is 49.1 cm³/mol. The summed E-state index contributed by atoms with van der Waals surface area (Å²) in [5, 5.41) is 0. The van der Waals surface area contributed by atoms with Crippen molar-refractivity contribution in [2.45, 2.75) is 39.5 Å². The molecular weight excluding hydrogens is 214 g/mol. The maximum absolute atomic E-state index is 10.3. The van der Waals surface area contributed by atoms with Gasteiger partial charge in [0.1, 0.15) is 0 Å². The van der Waals surface area contributed by atoms with Crippen LogP contribution in [0.2, 0.25) is 0 Å². The zero-order valence-corrected chi connectivity index (χ0v) is 12.1. The van der Waals surface area contributed by atoms with Crippen LogP contribution in [0, 0.1) is 5.92 Å². The molecule has 0 saturated heterocycles. The predicted octanol–water partition coefficient (Wildman–Crippen LogP) is -1.32. The summed E-state index contributed by atoms with van der Waals surface area (Å²) in [5.41, 5.74) is 0. The van der Waals surface area contributed by atoms with E-state index >= 15 is 0 Å². The topological polar surface area (TPSA) is 69.6 Å². The summed E-state index contributed by atoms with van der Waals surface area (Å²) in [5.74, 6) is 0.231. The molecule has 0 aromatic carbocycles. The molecule has 1 N–H and O–H groups in total. The van der Waals surface area contributed by atoms with Crippen LogP contribution in [-0.2, 0) is 9.09 Å². The largest absolute Gasteiger partial charge is 1.00 e. The van der Waals surface area contributed by atoms with Crippen molar-refractivity contribution >= 4 is 7.82 Å². The Morgan fingerprint density at radius 3 is 2.43 bits per heavy atom. The molecule has 0 saturated carbocycles. The van der Waals surface area contributed by atoms with Crippen LogP contribution in [0.4, 0.5) is 0 Å². The minimum absolute atomic E-state index is 0. The Morgan fingerprint density at radius 2 is 2.07 bits per heavy atom. The van der Waals surface area contributed by atoms with Crippen LogP contribution in [0.3, 0.4) is 0 Å². The third-order valence-electron chi connectivity index (χ3n) is 2.02. The van der Waals surface area contributed by atoms with Gasteiger partial charge in [0, 0.05) is 0 Å². The molecule has 0 aliphatic carbocycles. The summed E-state index contributed by atoms with van der Waals surface area (Å²) in [6.07, 6.45) is 3.98. The van der Waals surface area contributed by atoms with Gasteiger partial charge in [-0.15, -0.1) is 0 Å². The average Bonchev–Trinajstić information content (AvgIpc) is 2.03. The summed E-state index contributed by atoms with van der Waals surface area (Å²) >= 11 is 0. The van der Waals surface area contributed by atoms with E-state index in [2.05, 4.69) is 11.4 Å². The van der Waals surface area contributed by atoms with Gasteiger partial charge in [-0.1, -0.05) is 33.1 Å². The Labute approximate surface area is 108 Å². The van der Waals surface area contributed by atoms with Gasteiger partial charge in [-0.2, -0.15) is 0 Å². The van der Waals surface area contributed by atoms with Crippen LogP contribution in [0.15, 0.2) is 0 Å². The van der Waals surface area contributed by atoms with Crippen LogP contribution < -0.4 is 34.5 Å². The van der Waals surface area contributed by atoms with Gasteiger partial charge in [0.2, 0.25) is 0 Å². The molecule has 0 radical (unpaired) electrons. The minimum atomic E-state index is -4.51. The van der Waals surface area contributed by atoms with Gasteiger partial charge in [0.25, 0.3) is 7.82 Å². The second-order valence-electron chi connectivity index (χ2n) is 3.18. The number of hydrogen-bond acceptors (Lipinski definition) is 3. The Morgan fingerprint density at radius 1 is 1.50 bits per heavy atom. The monoisotopic (exact) mass is 232 g/mol. The van der Waals surface area contributed by atoms with Gasteiger partial charge < -0.3 is 14.3 Å². The van der Waals surface area contributed by atoms with Crippen molar-refractivity contribution in [3.05, 3.63) is 0 Å². The van der Waals surface area contributed by atoms with E-state index in [9.17, 15) is 9.46 Å². The molecule has 0 aromatic rings. The molecule has 0 spiro atoms. The molecule has 2 atom stereocenters. The fourth-order valence-electron chi connectivity index (χ4n) is 1.10. The zero-order chi connectivity index (χ0) is 10.3. The SMILES string of the molecule is CCCCC(CC)COP(=O)([O-])O.[Na+]. The number of phosphoric ester groups is 1. The second kappa shape index (κ2) is 9.34. The van der Waals surface area contributed by atoms with Crippen LogP contribution in [0.25, 0.3) is 0 Å². The van der Waals surface area contributed by atoms with Crippen LogP contribution in [0.5, 0.6) is 0 Å². The minimum Gasteiger partial charge on any atom is -0.756 e. The smallest absolute Gasteiger partial charge is 0.756 e. The van der Waals surface area contributed by atoms with Crippen molar-refractivity contribution in [2.24, 2.45) is 5.92 Å². The Kier molecular flexibility index (Phi) is 11.7. The van der Waals surface area contributed by atoms with E-state index in [1.54, 1.807) is 0 Å². The molecule has 0 aliphatic rings. The summed E-state index contributed by atoms with van der Waals surface area (Å²) in [6.45, 7) is 4.17. The van der Waals surface area contributed by atoms with E-state index in [-0.39, 0.29) is 42.1 Å². The third-order valence-corrected chi connectivity index (χ3v) is 2.49. The zero-order valence-electron chi connectivity index (χ0n) is 9.23. The Bertz CT molecular complexity index is 171. The van der Waals surface area contributed by atoms with Gasteiger partial charge >= 0.3 is 29.6 Å². The van der Waals surface area contributed by atoms with Crippen molar-refractivity contribution < 1.29 is 48.4 Å². The van der Waals surface area contributed by atoms with Crippen molar-refractivity contribution in [1.82, 2.24) is 0 Å². The average molecular weight is 232 g/mol. The molecular formula is C8H18NaO4P. The van der Waals surface area contributed by atoms with E-state index in [0.717, 1.165) is 25.7 Å². The molecule has 0 fully saturated rings. The van der Waals surface area contributed by atoms with Crippen molar-refractivity contribution in [1.29, 1.82) is 0 Å². The first kappa shape index (κ1) is 17.5. The molecule has 0 aliphatic heterocycles. The summed E-state index contributed by atoms with van der Waals surface area (Å²) in [4.78, 5) is 18.7. The van der Waals surface area contributed by atoms with Crippen molar-refractivity contribution in [3.8, 4) is 0 Å². The summed E-state index contributed by atoms with van der Waals surface area (Å²) < 4.78 is 14.6. The molecule has 0 heterocycles. The molecule has 0 amide bonds. The molecule has 4 nitrogen and oxygen atoms in total. The first-order valence-electron chi connectivity index (χ1n) is 4.68. The van der Waals surface area contributed by atoms with Crippen molar-refractivity contribution in [2.75, 3.05) is 6.61 Å². The molecule has 0 aromatic heterocycles. The maximum atomic E-state index is 10.3. The van der Waals surface area contributed by atoms with E-state index in [0.29, 0.717) is 0 Å². The van der Waals surface area contributed by atoms with E-state index in [1.807, 2.05) is 6.92 Å². The molecule has 0 bridgehead atoms. The molecule has 2 unspecified atom stereocenters. The fraction of sp³-hybridized carbons (Fsp3) is 1.00. The van der Waals surface area contributed by atoms with Crippen LogP contribution in [-0.4, -0.2) is 11.5 Å². The van der Waals surface area contributed by atoms with Gasteiger partial charge in [-0.25, -0.2) is 0 Å². The maximum Gasteiger partial charge on any atom is 1.00 e. The second-order valence-corrected chi connectivity index (χ2v) is 4.38. The van der Waals surface area contributed by atoms with Crippen LogP contribution in [0.1, 0.15) is 39.5 Å². The number of phosphoric acid groups is 1. The third kappa shape index (κ3) is 11.2. The van der Waals surface area contributed by atoms with Gasteiger partial charge in [0.15, 0.2) is 0 Å². The fourth-order valence-corrected chi connectivity index (χ4v) is 1.50. The van der Waals surface area contributed by atoms with Gasteiger partial charge in [-0.3, -0.25) is 4.57 Å². The Hall–Kier alpha value is 1.11. The number of hydrogen-bond donors (Lipinski definition) is 1. The van der Waals surface area contributed by atoms with Gasteiger partial charge in [-0.05, 0) is 12.3 Å². The van der Waals surface area contributed by atoms with E-state index in [4.69, 9.17) is 4.89 Å². The van der Waals surface area contributed by atoms with Crippen molar-refractivity contribution in [3.63, 3.8) is 0 Å². The molecule has 6 heteroatoms. The first-order chi connectivity index (χ1) is 5.99. The number of rotatable bonds is 7. The first-order valence-corrected chi connectivity index (χ1v) is 6.17. The summed E-state index contributed by atoms with van der Waals surface area (Å²) in [6, 6.07) is 0. The standard InChI is InChI=1S/C8H19O4P.Na/c1-3-5-6-8(4-2)7-12-13(9,10)11;/h8H,3-7H2,1-2H3,(H2,9,10,11);/q;+1/p-1. The molecule has 14 heavy (non-hydrogen) atoms. The Balaban J connectivity index is 0. The van der Waals surface area contributed by atoms with E-state index < -0.39 is 7.82 Å². The van der Waals surface area contributed by atoms with Gasteiger partial charge in [0.05, 0.1) is 6.61 Å². The summed E-state index contributed by atoms with van der Waals surface area (Å²) in [7, 11) is -4.51. The number of unbranched alkanes of at least 4 members (excludes halogenated alkanes) is 1. The molecule has 0 rings (SSSR count). The molecule has 80 valence electrons. The van der Waals surface area contributed by atoms with Crippen LogP contribution >= 0.6 is 7.82 Å². The normalized spacial score (nSPS) is 16.9. The van der Waals surface area contributed by atoms with E-state index in [1.165, 1.54) is 0 Å². The quantitative estimate of drug-likeness (QED) is 0.437.